The fourth-order valence-electron chi connectivity index (χ4n) is 3.10. The van der Waals surface area contributed by atoms with E-state index in [1.807, 2.05) is 6.92 Å². The second kappa shape index (κ2) is 8.66. The lowest BCUT2D eigenvalue weighted by Gasteiger charge is -2.26. The molecular formula is C19H23N3O5. The first-order chi connectivity index (χ1) is 13.0. The van der Waals surface area contributed by atoms with Gasteiger partial charge in [0.05, 0.1) is 5.92 Å². The summed E-state index contributed by atoms with van der Waals surface area (Å²) in [6.07, 6.45) is 3.25. The van der Waals surface area contributed by atoms with Crippen molar-refractivity contribution in [1.29, 1.82) is 0 Å². The maximum absolute atomic E-state index is 12.4. The second-order valence-corrected chi connectivity index (χ2v) is 6.63. The number of ether oxygens (including phenoxy) is 1. The van der Waals surface area contributed by atoms with E-state index in [-0.39, 0.29) is 24.5 Å². The van der Waals surface area contributed by atoms with Crippen LogP contribution < -0.4 is 10.1 Å². The minimum atomic E-state index is -0.748. The number of rotatable bonds is 7. The number of benzene rings is 1. The Hall–Kier alpha value is -2.90. The summed E-state index contributed by atoms with van der Waals surface area (Å²) in [6, 6.07) is 6.85. The average Bonchev–Trinajstić information content (AvgIpc) is 3.15. The molecule has 0 saturated heterocycles. The molecule has 1 amide bonds. The van der Waals surface area contributed by atoms with Gasteiger partial charge >= 0.3 is 5.97 Å². The van der Waals surface area contributed by atoms with E-state index in [1.54, 1.807) is 24.3 Å². The number of aromatic nitrogens is 2. The molecule has 1 saturated carbocycles. The number of carboxylic acids is 1. The molecule has 1 aliphatic carbocycles. The van der Waals surface area contributed by atoms with Crippen LogP contribution in [0.4, 0.5) is 0 Å². The Morgan fingerprint density at radius 2 is 1.93 bits per heavy atom. The number of amides is 1. The summed E-state index contributed by atoms with van der Waals surface area (Å²) in [4.78, 5) is 27.5. The van der Waals surface area contributed by atoms with Crippen LogP contribution in [0.2, 0.25) is 0 Å². The van der Waals surface area contributed by atoms with Gasteiger partial charge in [0.1, 0.15) is 5.75 Å². The molecule has 1 fully saturated rings. The SMILES string of the molecule is CCc1nc(COc2ccc(C(=O)NC3CCC(C(=O)O)CC3)cc2)no1. The molecule has 2 N–H and O–H groups in total. The summed E-state index contributed by atoms with van der Waals surface area (Å²) >= 11 is 0. The summed E-state index contributed by atoms with van der Waals surface area (Å²) < 4.78 is 10.6. The van der Waals surface area contributed by atoms with E-state index >= 15 is 0 Å². The molecule has 1 aliphatic rings. The molecule has 3 rings (SSSR count). The Morgan fingerprint density at radius 3 is 2.52 bits per heavy atom. The fraction of sp³-hybridized carbons (Fsp3) is 0.474. The van der Waals surface area contributed by atoms with E-state index in [0.29, 0.717) is 55.1 Å². The van der Waals surface area contributed by atoms with Gasteiger partial charge in [-0.3, -0.25) is 9.59 Å². The first-order valence-corrected chi connectivity index (χ1v) is 9.13. The average molecular weight is 373 g/mol. The predicted octanol–water partition coefficient (Wildman–Crippen LogP) is 2.58. The van der Waals surface area contributed by atoms with Gasteiger partial charge in [-0.2, -0.15) is 4.98 Å². The third-order valence-corrected chi connectivity index (χ3v) is 4.71. The molecule has 1 aromatic carbocycles. The number of nitrogens with zero attached hydrogens (tertiary/aromatic N) is 2. The summed E-state index contributed by atoms with van der Waals surface area (Å²) in [5.74, 6) is 0.454. The third-order valence-electron chi connectivity index (χ3n) is 4.71. The van der Waals surface area contributed by atoms with Crippen LogP contribution in [0.5, 0.6) is 5.75 Å². The zero-order valence-corrected chi connectivity index (χ0v) is 15.2. The number of aryl methyl sites for hydroxylation is 1. The first kappa shape index (κ1) is 18.9. The maximum atomic E-state index is 12.4. The first-order valence-electron chi connectivity index (χ1n) is 9.13. The number of aliphatic carboxylic acids is 1. The third kappa shape index (κ3) is 5.06. The Bertz CT molecular complexity index is 779. The smallest absolute Gasteiger partial charge is 0.306 e. The van der Waals surface area contributed by atoms with Gasteiger partial charge in [0.25, 0.3) is 5.91 Å². The van der Waals surface area contributed by atoms with Gasteiger partial charge in [-0.15, -0.1) is 0 Å². The van der Waals surface area contributed by atoms with Crippen LogP contribution >= 0.6 is 0 Å². The molecule has 0 spiro atoms. The lowest BCUT2D eigenvalue weighted by molar-refractivity contribution is -0.142. The highest BCUT2D eigenvalue weighted by Crippen LogP contribution is 2.24. The topological polar surface area (TPSA) is 115 Å². The van der Waals surface area contributed by atoms with E-state index in [1.165, 1.54) is 0 Å². The number of hydrogen-bond acceptors (Lipinski definition) is 6. The number of hydrogen-bond donors (Lipinski definition) is 2. The van der Waals surface area contributed by atoms with Gasteiger partial charge in [-0.05, 0) is 49.9 Å². The molecule has 8 heteroatoms. The van der Waals surface area contributed by atoms with Gasteiger partial charge in [-0.25, -0.2) is 0 Å². The summed E-state index contributed by atoms with van der Waals surface area (Å²) in [5, 5.41) is 15.8. The van der Waals surface area contributed by atoms with Crippen molar-refractivity contribution >= 4 is 11.9 Å². The van der Waals surface area contributed by atoms with Gasteiger partial charge in [0.2, 0.25) is 11.7 Å². The molecule has 27 heavy (non-hydrogen) atoms. The summed E-state index contributed by atoms with van der Waals surface area (Å²) in [7, 11) is 0. The molecule has 0 bridgehead atoms. The van der Waals surface area contributed by atoms with Gasteiger partial charge < -0.3 is 19.7 Å². The van der Waals surface area contributed by atoms with Crippen LogP contribution in [0.3, 0.4) is 0 Å². The minimum Gasteiger partial charge on any atom is -0.485 e. The number of carbonyl (C=O) groups is 2. The Morgan fingerprint density at radius 1 is 1.22 bits per heavy atom. The highest BCUT2D eigenvalue weighted by Gasteiger charge is 2.26. The van der Waals surface area contributed by atoms with Gasteiger partial charge in [-0.1, -0.05) is 12.1 Å². The quantitative estimate of drug-likeness (QED) is 0.766. The van der Waals surface area contributed by atoms with Crippen LogP contribution in [0.15, 0.2) is 28.8 Å². The standard InChI is InChI=1S/C19H23N3O5/c1-2-17-21-16(22-27-17)11-26-15-9-5-12(6-10-15)18(23)20-14-7-3-13(4-8-14)19(24)25/h5-6,9-10,13-14H,2-4,7-8,11H2,1H3,(H,20,23)(H,24,25). The van der Waals surface area contributed by atoms with E-state index < -0.39 is 5.97 Å². The van der Waals surface area contributed by atoms with E-state index in [0.717, 1.165) is 0 Å². The molecule has 0 unspecified atom stereocenters. The zero-order chi connectivity index (χ0) is 19.2. The van der Waals surface area contributed by atoms with Crippen molar-refractivity contribution in [2.45, 2.75) is 51.7 Å². The van der Waals surface area contributed by atoms with Crippen LogP contribution in [-0.2, 0) is 17.8 Å². The van der Waals surface area contributed by atoms with Crippen molar-refractivity contribution in [2.75, 3.05) is 0 Å². The van der Waals surface area contributed by atoms with Crippen molar-refractivity contribution in [3.63, 3.8) is 0 Å². The Labute approximate surface area is 156 Å². The van der Waals surface area contributed by atoms with Gasteiger partial charge in [0.15, 0.2) is 6.61 Å². The van der Waals surface area contributed by atoms with Crippen molar-refractivity contribution in [1.82, 2.24) is 15.5 Å². The molecule has 144 valence electrons. The molecule has 2 aromatic rings. The molecule has 0 radical (unpaired) electrons. The highest BCUT2D eigenvalue weighted by molar-refractivity contribution is 5.94. The van der Waals surface area contributed by atoms with E-state index in [2.05, 4.69) is 15.5 Å². The molecule has 0 atom stereocenters. The fourth-order valence-corrected chi connectivity index (χ4v) is 3.10. The zero-order valence-electron chi connectivity index (χ0n) is 15.2. The minimum absolute atomic E-state index is 0.0232. The molecule has 0 aliphatic heterocycles. The van der Waals surface area contributed by atoms with Crippen LogP contribution in [-0.4, -0.2) is 33.2 Å². The lowest BCUT2D eigenvalue weighted by Crippen LogP contribution is -2.38. The number of nitrogens with one attached hydrogen (secondary N) is 1. The largest absolute Gasteiger partial charge is 0.485 e. The van der Waals surface area contributed by atoms with Crippen molar-refractivity contribution in [3.8, 4) is 5.75 Å². The van der Waals surface area contributed by atoms with Crippen molar-refractivity contribution < 1.29 is 24.0 Å². The molecule has 8 nitrogen and oxygen atoms in total. The van der Waals surface area contributed by atoms with Crippen LogP contribution in [0.25, 0.3) is 0 Å². The molecule has 1 heterocycles. The highest BCUT2D eigenvalue weighted by atomic mass is 16.5. The lowest BCUT2D eigenvalue weighted by atomic mass is 9.86. The van der Waals surface area contributed by atoms with Crippen molar-refractivity contribution in [3.05, 3.63) is 41.5 Å². The normalized spacial score (nSPS) is 19.4. The van der Waals surface area contributed by atoms with Crippen molar-refractivity contribution in [2.24, 2.45) is 5.92 Å². The van der Waals surface area contributed by atoms with Gasteiger partial charge in [0, 0.05) is 18.0 Å². The number of carboxylic acid groups (broad SMARTS) is 1. The number of carbonyl (C=O) groups excluding carboxylic acids is 1. The molecule has 1 aromatic heterocycles. The second-order valence-electron chi connectivity index (χ2n) is 6.63. The van der Waals surface area contributed by atoms with E-state index in [9.17, 15) is 9.59 Å². The summed E-state index contributed by atoms with van der Waals surface area (Å²) in [5.41, 5.74) is 0.538. The van der Waals surface area contributed by atoms with Crippen LogP contribution in [0, 0.1) is 5.92 Å². The summed E-state index contributed by atoms with van der Waals surface area (Å²) in [6.45, 7) is 2.13. The van der Waals surface area contributed by atoms with E-state index in [4.69, 9.17) is 14.4 Å². The maximum Gasteiger partial charge on any atom is 0.306 e. The predicted molar refractivity (Wildman–Crippen MR) is 95.3 cm³/mol. The molecular weight excluding hydrogens is 350 g/mol. The Balaban J connectivity index is 1.48. The Kier molecular flexibility index (Phi) is 6.05. The van der Waals surface area contributed by atoms with Crippen LogP contribution in [0.1, 0.15) is 54.7 Å². The monoisotopic (exact) mass is 373 g/mol.